The van der Waals surface area contributed by atoms with Crippen molar-refractivity contribution in [1.82, 2.24) is 9.88 Å². The molecule has 5 nitrogen and oxygen atoms in total. The summed E-state index contributed by atoms with van der Waals surface area (Å²) in [6.45, 7) is 9.23. The third-order valence-electron chi connectivity index (χ3n) is 7.32. The molecule has 2 aromatic rings. The predicted molar refractivity (Wildman–Crippen MR) is 149 cm³/mol. The maximum absolute atomic E-state index is 13.4. The van der Waals surface area contributed by atoms with E-state index in [-0.39, 0.29) is 11.7 Å². The smallest absolute Gasteiger partial charge is 0.254 e. The van der Waals surface area contributed by atoms with Crippen LogP contribution >= 0.6 is 0 Å². The Kier molecular flexibility index (Phi) is 11.4. The van der Waals surface area contributed by atoms with E-state index in [1.54, 1.807) is 6.20 Å². The van der Waals surface area contributed by atoms with Crippen LogP contribution in [0.1, 0.15) is 110 Å². The van der Waals surface area contributed by atoms with Crippen LogP contribution in [0.2, 0.25) is 0 Å². The van der Waals surface area contributed by atoms with E-state index in [1.807, 2.05) is 24.0 Å². The molecule has 1 saturated heterocycles. The van der Waals surface area contributed by atoms with Gasteiger partial charge in [0.2, 0.25) is 0 Å². The zero-order valence-corrected chi connectivity index (χ0v) is 22.7. The number of ketones is 1. The first-order valence-electron chi connectivity index (χ1n) is 14.2. The van der Waals surface area contributed by atoms with Gasteiger partial charge in [0.05, 0.1) is 0 Å². The van der Waals surface area contributed by atoms with Gasteiger partial charge in [0, 0.05) is 49.9 Å². The van der Waals surface area contributed by atoms with Gasteiger partial charge in [0.25, 0.3) is 5.91 Å². The topological polar surface area (TPSA) is 53.5 Å². The van der Waals surface area contributed by atoms with Crippen LogP contribution in [0.15, 0.2) is 36.5 Å². The number of aryl methyl sites for hydroxylation is 2. The monoisotopic (exact) mass is 491 g/mol. The number of aromatic nitrogens is 1. The van der Waals surface area contributed by atoms with E-state index in [4.69, 9.17) is 0 Å². The molecule has 1 aliphatic heterocycles. The Balaban J connectivity index is 1.54. The van der Waals surface area contributed by atoms with Crippen molar-refractivity contribution in [1.29, 1.82) is 0 Å². The van der Waals surface area contributed by atoms with Gasteiger partial charge in [-0.2, -0.15) is 0 Å². The lowest BCUT2D eigenvalue weighted by Gasteiger charge is -2.35. The Morgan fingerprint density at radius 2 is 1.53 bits per heavy atom. The molecule has 0 bridgehead atoms. The SMILES string of the molecule is CCCCCCCc1ccc(C)c(C(=O)N2CCN(c3cc(C(=O)CCCCCC)ccn3)CC2)c1. The fourth-order valence-corrected chi connectivity index (χ4v) is 4.92. The second-order valence-corrected chi connectivity index (χ2v) is 10.2. The molecule has 1 fully saturated rings. The number of nitrogens with zero attached hydrogens (tertiary/aromatic N) is 3. The van der Waals surface area contributed by atoms with Crippen molar-refractivity contribution >= 4 is 17.5 Å². The van der Waals surface area contributed by atoms with Gasteiger partial charge in [-0.05, 0) is 55.5 Å². The van der Waals surface area contributed by atoms with E-state index in [0.29, 0.717) is 19.5 Å². The molecule has 1 aromatic heterocycles. The first-order valence-corrected chi connectivity index (χ1v) is 14.2. The summed E-state index contributed by atoms with van der Waals surface area (Å²) >= 11 is 0. The molecule has 196 valence electrons. The van der Waals surface area contributed by atoms with Crippen molar-refractivity contribution in [2.75, 3.05) is 31.1 Å². The highest BCUT2D eigenvalue weighted by Gasteiger charge is 2.24. The number of carbonyl (C=O) groups is 2. The summed E-state index contributed by atoms with van der Waals surface area (Å²) in [5.74, 6) is 1.16. The number of amides is 1. The molecule has 0 radical (unpaired) electrons. The Hall–Kier alpha value is -2.69. The van der Waals surface area contributed by atoms with Crippen molar-refractivity contribution in [2.45, 2.75) is 91.4 Å². The highest BCUT2D eigenvalue weighted by molar-refractivity contribution is 5.97. The van der Waals surface area contributed by atoms with Crippen LogP contribution in [-0.4, -0.2) is 47.8 Å². The van der Waals surface area contributed by atoms with Crippen molar-refractivity contribution in [3.05, 3.63) is 58.8 Å². The number of piperazine rings is 1. The summed E-state index contributed by atoms with van der Waals surface area (Å²) in [6.07, 6.45) is 14.1. The van der Waals surface area contributed by atoms with Gasteiger partial charge >= 0.3 is 0 Å². The van der Waals surface area contributed by atoms with E-state index in [1.165, 1.54) is 50.5 Å². The fourth-order valence-electron chi connectivity index (χ4n) is 4.92. The van der Waals surface area contributed by atoms with Gasteiger partial charge in [0.15, 0.2) is 5.78 Å². The van der Waals surface area contributed by atoms with Crippen molar-refractivity contribution < 1.29 is 9.59 Å². The average molecular weight is 492 g/mol. The Bertz CT molecular complexity index is 980. The molecule has 0 aliphatic carbocycles. The zero-order valence-electron chi connectivity index (χ0n) is 22.7. The molecule has 0 atom stereocenters. The molecule has 1 amide bonds. The second kappa shape index (κ2) is 14.8. The van der Waals surface area contributed by atoms with Crippen molar-refractivity contribution in [3.8, 4) is 0 Å². The third-order valence-corrected chi connectivity index (χ3v) is 7.32. The van der Waals surface area contributed by atoms with Crippen LogP contribution in [0, 0.1) is 6.92 Å². The quantitative estimate of drug-likeness (QED) is 0.210. The number of unbranched alkanes of at least 4 members (excludes halogenated alkanes) is 7. The molecule has 0 unspecified atom stereocenters. The number of hydrogen-bond acceptors (Lipinski definition) is 4. The molecule has 1 aromatic carbocycles. The maximum Gasteiger partial charge on any atom is 0.254 e. The van der Waals surface area contributed by atoms with Crippen LogP contribution < -0.4 is 4.90 Å². The minimum Gasteiger partial charge on any atom is -0.353 e. The van der Waals surface area contributed by atoms with Crippen LogP contribution in [0.5, 0.6) is 0 Å². The van der Waals surface area contributed by atoms with E-state index in [2.05, 4.69) is 41.9 Å². The van der Waals surface area contributed by atoms with Crippen LogP contribution in [0.3, 0.4) is 0 Å². The van der Waals surface area contributed by atoms with Crippen molar-refractivity contribution in [2.24, 2.45) is 0 Å². The van der Waals surface area contributed by atoms with Crippen LogP contribution in [-0.2, 0) is 6.42 Å². The lowest BCUT2D eigenvalue weighted by molar-refractivity contribution is 0.0745. The molecule has 0 spiro atoms. The van der Waals surface area contributed by atoms with E-state index in [9.17, 15) is 9.59 Å². The number of Topliss-reactive ketones (excluding diaryl/α,β-unsaturated/α-hetero) is 1. The van der Waals surface area contributed by atoms with Gasteiger partial charge in [-0.25, -0.2) is 4.98 Å². The lowest BCUT2D eigenvalue weighted by Crippen LogP contribution is -2.49. The summed E-state index contributed by atoms with van der Waals surface area (Å²) < 4.78 is 0. The normalized spacial score (nSPS) is 13.8. The highest BCUT2D eigenvalue weighted by atomic mass is 16.2. The first kappa shape index (κ1) is 27.9. The standard InChI is InChI=1S/C31H45N3O2/c1-4-6-8-10-11-13-26-16-15-25(3)28(23-26)31(36)34-21-19-33(20-22-34)30-24-27(17-18-32-30)29(35)14-12-9-7-5-2/h15-18,23-24H,4-14,19-22H2,1-3H3. The Labute approximate surface area is 218 Å². The fraction of sp³-hybridized carbons (Fsp3) is 0.581. The van der Waals surface area contributed by atoms with E-state index >= 15 is 0 Å². The number of carbonyl (C=O) groups excluding carboxylic acids is 2. The zero-order chi connectivity index (χ0) is 25.8. The minimum atomic E-state index is 0.129. The molecule has 0 saturated carbocycles. The summed E-state index contributed by atoms with van der Waals surface area (Å²) in [5.41, 5.74) is 3.89. The number of anilines is 1. The maximum atomic E-state index is 13.4. The number of benzene rings is 1. The number of rotatable bonds is 14. The molecule has 5 heteroatoms. The molecule has 3 rings (SSSR count). The van der Waals surface area contributed by atoms with E-state index in [0.717, 1.165) is 54.9 Å². The van der Waals surface area contributed by atoms with Gasteiger partial charge in [-0.1, -0.05) is 70.9 Å². The predicted octanol–water partition coefficient (Wildman–Crippen LogP) is 7.02. The molecule has 1 aliphatic rings. The molecular weight excluding hydrogens is 446 g/mol. The minimum absolute atomic E-state index is 0.129. The Morgan fingerprint density at radius 3 is 2.25 bits per heavy atom. The van der Waals surface area contributed by atoms with Crippen LogP contribution in [0.4, 0.5) is 5.82 Å². The van der Waals surface area contributed by atoms with E-state index < -0.39 is 0 Å². The molecule has 36 heavy (non-hydrogen) atoms. The highest BCUT2D eigenvalue weighted by Crippen LogP contribution is 2.20. The summed E-state index contributed by atoms with van der Waals surface area (Å²) in [6, 6.07) is 10.1. The van der Waals surface area contributed by atoms with Gasteiger partial charge in [0.1, 0.15) is 5.82 Å². The summed E-state index contributed by atoms with van der Waals surface area (Å²) in [4.78, 5) is 34.7. The lowest BCUT2D eigenvalue weighted by atomic mass is 9.99. The van der Waals surface area contributed by atoms with Gasteiger partial charge < -0.3 is 9.80 Å². The first-order chi connectivity index (χ1) is 17.5. The average Bonchev–Trinajstić information content (AvgIpc) is 2.91. The third kappa shape index (κ3) is 8.18. The molecular formula is C31H45N3O2. The Morgan fingerprint density at radius 1 is 0.833 bits per heavy atom. The van der Waals surface area contributed by atoms with Crippen molar-refractivity contribution in [3.63, 3.8) is 0 Å². The molecule has 2 heterocycles. The van der Waals surface area contributed by atoms with Crippen LogP contribution in [0.25, 0.3) is 0 Å². The second-order valence-electron chi connectivity index (χ2n) is 10.2. The number of pyridine rings is 1. The van der Waals surface area contributed by atoms with Gasteiger partial charge in [-0.3, -0.25) is 9.59 Å². The summed E-state index contributed by atoms with van der Waals surface area (Å²) in [7, 11) is 0. The molecule has 0 N–H and O–H groups in total. The van der Waals surface area contributed by atoms with Gasteiger partial charge in [-0.15, -0.1) is 0 Å². The number of hydrogen-bond donors (Lipinski definition) is 0. The largest absolute Gasteiger partial charge is 0.353 e. The summed E-state index contributed by atoms with van der Waals surface area (Å²) in [5, 5.41) is 0.